The second-order valence-electron chi connectivity index (χ2n) is 1.31. The molecule has 0 amide bonds. The molecule has 1 radical (unpaired) electrons. The Kier molecular flexibility index (Phi) is 1.19. The predicted molar refractivity (Wildman–Crippen MR) is 24.9 cm³/mol. The molecule has 0 saturated carbocycles. The molecule has 0 aliphatic carbocycles. The molecule has 0 aromatic rings. The lowest BCUT2D eigenvalue weighted by atomic mass is 10.4. The van der Waals surface area contributed by atoms with Crippen LogP contribution in [0.25, 0.3) is 0 Å². The molecule has 2 nitrogen and oxygen atoms in total. The Labute approximate surface area is 46.4 Å². The van der Waals surface area contributed by atoms with Gasteiger partial charge in [0, 0.05) is 0 Å². The van der Waals surface area contributed by atoms with Gasteiger partial charge in [0.05, 0.1) is 11.8 Å². The third-order valence-corrected chi connectivity index (χ3v) is 0.954. The van der Waals surface area contributed by atoms with E-state index in [1.165, 1.54) is 6.42 Å². The van der Waals surface area contributed by atoms with Crippen molar-refractivity contribution in [2.75, 3.05) is 6.61 Å². The van der Waals surface area contributed by atoms with Gasteiger partial charge in [-0.05, 0) is 0 Å². The zero-order valence-corrected chi connectivity index (χ0v) is 4.31. The quantitative estimate of drug-likeness (QED) is 0.340. The monoisotopic (exact) mass is 119 g/mol. The molecule has 0 aromatic heterocycles. The van der Waals surface area contributed by atoms with Gasteiger partial charge in [0.1, 0.15) is 6.61 Å². The van der Waals surface area contributed by atoms with Crippen LogP contribution in [0.5, 0.6) is 0 Å². The van der Waals surface area contributed by atoms with Crippen molar-refractivity contribution < 1.29 is 9.53 Å². The highest BCUT2D eigenvalue weighted by molar-refractivity contribution is 6.24. The fourth-order valence-electron chi connectivity index (χ4n) is 0.406. The van der Waals surface area contributed by atoms with Gasteiger partial charge in [0.2, 0.25) is 0 Å². The standard InChI is InChI=1S/C4H4ClO2/c5-3-1-4(6)7-2-3/h1,3H,2H2. The summed E-state index contributed by atoms with van der Waals surface area (Å²) in [6, 6.07) is 0. The normalized spacial score (nSPS) is 30.4. The maximum Gasteiger partial charge on any atom is 0.311 e. The summed E-state index contributed by atoms with van der Waals surface area (Å²) < 4.78 is 4.44. The summed E-state index contributed by atoms with van der Waals surface area (Å²) >= 11 is 5.41. The molecule has 1 rings (SSSR count). The Morgan fingerprint density at radius 3 is 2.86 bits per heavy atom. The van der Waals surface area contributed by atoms with Crippen molar-refractivity contribution in [2.45, 2.75) is 5.38 Å². The Morgan fingerprint density at radius 1 is 2.00 bits per heavy atom. The third kappa shape index (κ3) is 1.06. The van der Waals surface area contributed by atoms with E-state index in [1.807, 2.05) is 0 Å². The van der Waals surface area contributed by atoms with Gasteiger partial charge in [-0.3, -0.25) is 4.79 Å². The van der Waals surface area contributed by atoms with E-state index in [1.54, 1.807) is 0 Å². The fraction of sp³-hybridized carbons (Fsp3) is 0.500. The first-order valence-electron chi connectivity index (χ1n) is 1.95. The number of carbonyl (C=O) groups is 1. The highest BCUT2D eigenvalue weighted by Crippen LogP contribution is 2.09. The van der Waals surface area contributed by atoms with Crippen LogP contribution in [0.2, 0.25) is 0 Å². The first-order valence-corrected chi connectivity index (χ1v) is 2.38. The van der Waals surface area contributed by atoms with Crippen molar-refractivity contribution in [1.82, 2.24) is 0 Å². The van der Waals surface area contributed by atoms with E-state index in [0.717, 1.165) is 0 Å². The van der Waals surface area contributed by atoms with E-state index >= 15 is 0 Å². The molecular formula is C4H4ClO2. The van der Waals surface area contributed by atoms with Crippen molar-refractivity contribution in [3.8, 4) is 0 Å². The van der Waals surface area contributed by atoms with Gasteiger partial charge in [-0.15, -0.1) is 11.6 Å². The first kappa shape index (κ1) is 4.91. The van der Waals surface area contributed by atoms with Crippen LogP contribution in [0.1, 0.15) is 0 Å². The van der Waals surface area contributed by atoms with Gasteiger partial charge >= 0.3 is 5.97 Å². The summed E-state index contributed by atoms with van der Waals surface area (Å²) in [4.78, 5) is 10.1. The van der Waals surface area contributed by atoms with E-state index in [9.17, 15) is 4.79 Å². The second-order valence-corrected chi connectivity index (χ2v) is 1.87. The van der Waals surface area contributed by atoms with Gasteiger partial charge in [0.25, 0.3) is 0 Å². The number of rotatable bonds is 0. The molecule has 1 unspecified atom stereocenters. The molecule has 0 N–H and O–H groups in total. The predicted octanol–water partition coefficient (Wildman–Crippen LogP) is 0.355. The summed E-state index contributed by atoms with van der Waals surface area (Å²) in [5.41, 5.74) is 0. The van der Waals surface area contributed by atoms with E-state index in [2.05, 4.69) is 4.74 Å². The zero-order chi connectivity index (χ0) is 5.28. The van der Waals surface area contributed by atoms with Crippen LogP contribution in [0.4, 0.5) is 0 Å². The van der Waals surface area contributed by atoms with E-state index in [4.69, 9.17) is 11.6 Å². The van der Waals surface area contributed by atoms with Crippen molar-refractivity contribution in [3.05, 3.63) is 6.42 Å². The minimum absolute atomic E-state index is 0.201. The Bertz CT molecular complexity index is 91.7. The largest absolute Gasteiger partial charge is 0.464 e. The SMILES string of the molecule is O=C1[CH]C(Cl)CO1. The van der Waals surface area contributed by atoms with Crippen molar-refractivity contribution in [3.63, 3.8) is 0 Å². The average molecular weight is 120 g/mol. The van der Waals surface area contributed by atoms with Crippen LogP contribution in [-0.4, -0.2) is 18.0 Å². The minimum atomic E-state index is -0.306. The molecule has 0 aromatic carbocycles. The lowest BCUT2D eigenvalue weighted by Crippen LogP contribution is -1.94. The summed E-state index contributed by atoms with van der Waals surface area (Å²) in [5, 5.41) is -0.201. The van der Waals surface area contributed by atoms with Gasteiger partial charge in [-0.1, -0.05) is 0 Å². The molecule has 0 spiro atoms. The molecule has 39 valence electrons. The number of esters is 1. The zero-order valence-electron chi connectivity index (χ0n) is 3.56. The first-order chi connectivity index (χ1) is 3.29. The molecule has 7 heavy (non-hydrogen) atoms. The molecule has 0 bridgehead atoms. The van der Waals surface area contributed by atoms with Crippen LogP contribution >= 0.6 is 11.6 Å². The lowest BCUT2D eigenvalue weighted by Gasteiger charge is -1.85. The van der Waals surface area contributed by atoms with Gasteiger partial charge in [-0.25, -0.2) is 0 Å². The summed E-state index contributed by atoms with van der Waals surface area (Å²) in [5.74, 6) is -0.306. The van der Waals surface area contributed by atoms with Crippen LogP contribution < -0.4 is 0 Å². The summed E-state index contributed by atoms with van der Waals surface area (Å²) in [6.07, 6.45) is 1.35. The van der Waals surface area contributed by atoms with Crippen LogP contribution in [-0.2, 0) is 9.53 Å². The number of hydrogen-bond donors (Lipinski definition) is 0. The smallest absolute Gasteiger partial charge is 0.311 e. The molecular weight excluding hydrogens is 115 g/mol. The molecule has 1 heterocycles. The number of cyclic esters (lactones) is 1. The summed E-state index contributed by atoms with van der Waals surface area (Å²) in [7, 11) is 0. The number of halogens is 1. The van der Waals surface area contributed by atoms with E-state index in [0.29, 0.717) is 6.61 Å². The Hall–Kier alpha value is -0.240. The highest BCUT2D eigenvalue weighted by atomic mass is 35.5. The van der Waals surface area contributed by atoms with Crippen LogP contribution in [0, 0.1) is 6.42 Å². The molecule has 1 saturated heterocycles. The molecule has 1 aliphatic heterocycles. The van der Waals surface area contributed by atoms with Crippen molar-refractivity contribution in [1.29, 1.82) is 0 Å². The third-order valence-electron chi connectivity index (χ3n) is 0.702. The van der Waals surface area contributed by atoms with E-state index in [-0.39, 0.29) is 11.3 Å². The van der Waals surface area contributed by atoms with Crippen molar-refractivity contribution in [2.24, 2.45) is 0 Å². The Morgan fingerprint density at radius 2 is 2.71 bits per heavy atom. The Balaban J connectivity index is 2.40. The minimum Gasteiger partial charge on any atom is -0.464 e. The maximum atomic E-state index is 10.1. The number of carbonyl (C=O) groups excluding carboxylic acids is 1. The summed E-state index contributed by atoms with van der Waals surface area (Å²) in [6.45, 7) is 0.334. The highest BCUT2D eigenvalue weighted by Gasteiger charge is 2.21. The number of hydrogen-bond acceptors (Lipinski definition) is 2. The fourth-order valence-corrected chi connectivity index (χ4v) is 0.571. The van der Waals surface area contributed by atoms with Crippen LogP contribution in [0.15, 0.2) is 0 Å². The van der Waals surface area contributed by atoms with Crippen LogP contribution in [0.3, 0.4) is 0 Å². The topological polar surface area (TPSA) is 26.3 Å². The van der Waals surface area contributed by atoms with Gasteiger partial charge in [-0.2, -0.15) is 0 Å². The van der Waals surface area contributed by atoms with E-state index < -0.39 is 0 Å². The number of ether oxygens (including phenoxy) is 1. The molecule has 1 fully saturated rings. The second kappa shape index (κ2) is 1.70. The molecule has 3 heteroatoms. The number of alkyl halides is 1. The average Bonchev–Trinajstić information content (AvgIpc) is 1.87. The van der Waals surface area contributed by atoms with Gasteiger partial charge < -0.3 is 4.74 Å². The molecule has 1 aliphatic rings. The van der Waals surface area contributed by atoms with Crippen molar-refractivity contribution >= 4 is 17.6 Å². The van der Waals surface area contributed by atoms with Gasteiger partial charge in [0.15, 0.2) is 0 Å². The molecule has 1 atom stereocenters. The maximum absolute atomic E-state index is 10.1. The lowest BCUT2D eigenvalue weighted by molar-refractivity contribution is -0.135.